The number of aryl methyl sites for hydroxylation is 2. The molecule has 3 aromatic carbocycles. The summed E-state index contributed by atoms with van der Waals surface area (Å²) in [5.41, 5.74) is 4.43. The van der Waals surface area contributed by atoms with Gasteiger partial charge in [0.25, 0.3) is 11.8 Å². The largest absolute Gasteiger partial charge is 0.495 e. The van der Waals surface area contributed by atoms with Gasteiger partial charge in [0, 0.05) is 5.69 Å². The summed E-state index contributed by atoms with van der Waals surface area (Å²) < 4.78 is 5.19. The topological polar surface area (TPSA) is 58.6 Å². The molecule has 0 aromatic heterocycles. The summed E-state index contributed by atoms with van der Waals surface area (Å²) in [6.07, 6.45) is 0. The molecule has 0 saturated heterocycles. The van der Waals surface area contributed by atoms with E-state index in [4.69, 9.17) is 16.3 Å². The number of ether oxygens (including phenoxy) is 1. The monoisotopic (exact) mass is 432 g/mol. The van der Waals surface area contributed by atoms with Crippen LogP contribution in [0, 0.1) is 13.8 Å². The van der Waals surface area contributed by atoms with E-state index in [9.17, 15) is 9.59 Å². The van der Waals surface area contributed by atoms with Crippen molar-refractivity contribution in [3.05, 3.63) is 94.1 Å². The lowest BCUT2D eigenvalue weighted by Gasteiger charge is -2.16. The van der Waals surface area contributed by atoms with Gasteiger partial charge in [-0.05, 0) is 55.3 Å². The van der Waals surface area contributed by atoms with E-state index in [-0.39, 0.29) is 5.70 Å². The molecule has 6 heteroatoms. The number of hydrogen-bond donors (Lipinski definition) is 1. The fourth-order valence-electron chi connectivity index (χ4n) is 3.53. The molecule has 4 rings (SSSR count). The van der Waals surface area contributed by atoms with Gasteiger partial charge in [0.2, 0.25) is 0 Å². The molecule has 3 aromatic rings. The zero-order chi connectivity index (χ0) is 22.1. The molecule has 0 saturated carbocycles. The molecular weight excluding hydrogens is 412 g/mol. The Kier molecular flexibility index (Phi) is 5.53. The van der Waals surface area contributed by atoms with Gasteiger partial charge in [-0.1, -0.05) is 53.6 Å². The molecule has 156 valence electrons. The minimum Gasteiger partial charge on any atom is -0.495 e. The van der Waals surface area contributed by atoms with Gasteiger partial charge < -0.3 is 10.1 Å². The number of benzene rings is 3. The Hall–Kier alpha value is -3.57. The first-order chi connectivity index (χ1) is 14.9. The number of carbonyl (C=O) groups excluding carboxylic acids is 2. The van der Waals surface area contributed by atoms with E-state index in [1.807, 2.05) is 62.4 Å². The molecule has 5 nitrogen and oxygen atoms in total. The van der Waals surface area contributed by atoms with Crippen molar-refractivity contribution in [2.75, 3.05) is 17.3 Å². The van der Waals surface area contributed by atoms with Gasteiger partial charge in [-0.2, -0.15) is 0 Å². The average Bonchev–Trinajstić information content (AvgIpc) is 2.98. The maximum Gasteiger partial charge on any atom is 0.282 e. The minimum absolute atomic E-state index is 0.228. The molecule has 0 aliphatic carbocycles. The van der Waals surface area contributed by atoms with Crippen LogP contribution >= 0.6 is 11.6 Å². The summed E-state index contributed by atoms with van der Waals surface area (Å²) >= 11 is 6.25. The molecule has 0 unspecified atom stereocenters. The van der Waals surface area contributed by atoms with Crippen LogP contribution in [0.4, 0.5) is 11.4 Å². The molecule has 1 N–H and O–H groups in total. The van der Waals surface area contributed by atoms with Crippen LogP contribution in [0.1, 0.15) is 16.7 Å². The normalized spacial score (nSPS) is 13.7. The number of methoxy groups -OCH3 is 1. The Bertz CT molecular complexity index is 1220. The van der Waals surface area contributed by atoms with Gasteiger partial charge in [0.15, 0.2) is 0 Å². The molecule has 0 radical (unpaired) electrons. The Morgan fingerprint density at radius 2 is 1.61 bits per heavy atom. The van der Waals surface area contributed by atoms with Crippen molar-refractivity contribution in [3.8, 4) is 5.75 Å². The van der Waals surface area contributed by atoms with Crippen LogP contribution in [0.25, 0.3) is 5.57 Å². The molecule has 1 aliphatic rings. The summed E-state index contributed by atoms with van der Waals surface area (Å²) in [7, 11) is 1.51. The summed E-state index contributed by atoms with van der Waals surface area (Å²) in [4.78, 5) is 28.0. The molecule has 0 spiro atoms. The van der Waals surface area contributed by atoms with Crippen molar-refractivity contribution in [2.45, 2.75) is 13.8 Å². The fraction of sp³-hybridized carbons (Fsp3) is 0.120. The smallest absolute Gasteiger partial charge is 0.282 e. The maximum atomic E-state index is 13.5. The molecule has 31 heavy (non-hydrogen) atoms. The van der Waals surface area contributed by atoms with E-state index >= 15 is 0 Å². The van der Waals surface area contributed by atoms with E-state index < -0.39 is 11.8 Å². The third kappa shape index (κ3) is 3.92. The number of imide groups is 1. The van der Waals surface area contributed by atoms with Crippen LogP contribution < -0.4 is 15.0 Å². The maximum absolute atomic E-state index is 13.5. The minimum atomic E-state index is -0.441. The second-order valence-corrected chi connectivity index (χ2v) is 7.78. The van der Waals surface area contributed by atoms with Gasteiger partial charge in [-0.25, -0.2) is 4.90 Å². The lowest BCUT2D eigenvalue weighted by Crippen LogP contribution is -2.32. The van der Waals surface area contributed by atoms with E-state index in [1.165, 1.54) is 7.11 Å². The number of hydrogen-bond acceptors (Lipinski definition) is 4. The van der Waals surface area contributed by atoms with Gasteiger partial charge in [0.05, 0.1) is 23.4 Å². The first-order valence-electron chi connectivity index (χ1n) is 9.76. The van der Waals surface area contributed by atoms with Crippen molar-refractivity contribution in [3.63, 3.8) is 0 Å². The molecule has 1 aliphatic heterocycles. The lowest BCUT2D eigenvalue weighted by molar-refractivity contribution is -0.120. The second-order valence-electron chi connectivity index (χ2n) is 7.38. The highest BCUT2D eigenvalue weighted by atomic mass is 35.5. The number of anilines is 2. The van der Waals surface area contributed by atoms with Gasteiger partial charge in [0.1, 0.15) is 11.4 Å². The molecule has 0 atom stereocenters. The van der Waals surface area contributed by atoms with Crippen molar-refractivity contribution in [2.24, 2.45) is 0 Å². The highest BCUT2D eigenvalue weighted by molar-refractivity contribution is 6.46. The standard InChI is InChI=1S/C25H21ClN2O3/c1-15-7-9-17(10-8-15)22-23(27-18-6-4-5-16(2)13-18)25(30)28(24(22)29)19-11-12-21(31-3)20(26)14-19/h4-14,27H,1-3H3. The Morgan fingerprint density at radius 3 is 2.26 bits per heavy atom. The van der Waals surface area contributed by atoms with Crippen LogP contribution in [-0.2, 0) is 9.59 Å². The molecule has 0 fully saturated rings. The Morgan fingerprint density at radius 1 is 0.871 bits per heavy atom. The quantitative estimate of drug-likeness (QED) is 0.551. The summed E-state index contributed by atoms with van der Waals surface area (Å²) in [5.74, 6) is -0.386. The number of halogens is 1. The van der Waals surface area contributed by atoms with E-state index in [1.54, 1.807) is 18.2 Å². The van der Waals surface area contributed by atoms with Gasteiger partial charge in [-0.15, -0.1) is 0 Å². The van der Waals surface area contributed by atoms with Crippen molar-refractivity contribution < 1.29 is 14.3 Å². The SMILES string of the molecule is COc1ccc(N2C(=O)C(Nc3cccc(C)c3)=C(c3ccc(C)cc3)C2=O)cc1Cl. The van der Waals surface area contributed by atoms with Crippen molar-refractivity contribution >= 4 is 40.4 Å². The van der Waals surface area contributed by atoms with Crippen LogP contribution in [0.5, 0.6) is 5.75 Å². The molecular formula is C25H21ClN2O3. The van der Waals surface area contributed by atoms with Crippen LogP contribution in [0.15, 0.2) is 72.4 Å². The van der Waals surface area contributed by atoms with Crippen LogP contribution in [0.3, 0.4) is 0 Å². The average molecular weight is 433 g/mol. The van der Waals surface area contributed by atoms with E-state index in [0.717, 1.165) is 21.7 Å². The zero-order valence-corrected chi connectivity index (χ0v) is 18.2. The molecule has 1 heterocycles. The van der Waals surface area contributed by atoms with E-state index in [2.05, 4.69) is 5.32 Å². The Balaban J connectivity index is 1.81. The van der Waals surface area contributed by atoms with Gasteiger partial charge >= 0.3 is 0 Å². The first kappa shape index (κ1) is 20.7. The van der Waals surface area contributed by atoms with Gasteiger partial charge in [-0.3, -0.25) is 9.59 Å². The van der Waals surface area contributed by atoms with Crippen LogP contribution in [0.2, 0.25) is 5.02 Å². The number of rotatable bonds is 5. The second kappa shape index (κ2) is 8.28. The summed E-state index contributed by atoms with van der Waals surface area (Å²) in [5, 5.41) is 3.49. The third-order valence-corrected chi connectivity index (χ3v) is 5.40. The van der Waals surface area contributed by atoms with E-state index in [0.29, 0.717) is 27.6 Å². The number of amides is 2. The number of carbonyl (C=O) groups is 2. The predicted molar refractivity (Wildman–Crippen MR) is 123 cm³/mol. The Labute approximate surface area is 185 Å². The van der Waals surface area contributed by atoms with Crippen molar-refractivity contribution in [1.29, 1.82) is 0 Å². The highest BCUT2D eigenvalue weighted by Gasteiger charge is 2.40. The van der Waals surface area contributed by atoms with Crippen LogP contribution in [-0.4, -0.2) is 18.9 Å². The third-order valence-electron chi connectivity index (χ3n) is 5.11. The summed E-state index contributed by atoms with van der Waals surface area (Å²) in [6, 6.07) is 20.0. The fourth-order valence-corrected chi connectivity index (χ4v) is 3.78. The highest BCUT2D eigenvalue weighted by Crippen LogP contribution is 2.36. The molecule has 0 bridgehead atoms. The molecule has 2 amide bonds. The summed E-state index contributed by atoms with van der Waals surface area (Å²) in [6.45, 7) is 3.94. The lowest BCUT2D eigenvalue weighted by atomic mass is 10.0. The van der Waals surface area contributed by atoms with Crippen molar-refractivity contribution in [1.82, 2.24) is 0 Å². The first-order valence-corrected chi connectivity index (χ1v) is 10.1. The number of nitrogens with zero attached hydrogens (tertiary/aromatic N) is 1. The predicted octanol–water partition coefficient (Wildman–Crippen LogP) is 5.36. The number of nitrogens with one attached hydrogen (secondary N) is 1. The zero-order valence-electron chi connectivity index (χ0n) is 17.4.